The topological polar surface area (TPSA) is 70.2 Å². The minimum absolute atomic E-state index is 0.0646. The second-order valence-electron chi connectivity index (χ2n) is 3.46. The maximum atomic E-state index is 11.2. The highest BCUT2D eigenvalue weighted by Crippen LogP contribution is 1.85. The predicted octanol–water partition coefficient (Wildman–Crippen LogP) is -0.373. The van der Waals surface area contributed by atoms with E-state index in [2.05, 4.69) is 22.9 Å². The number of rotatable bonds is 7. The third kappa shape index (κ3) is 7.93. The second kappa shape index (κ2) is 8.23. The molecule has 5 nitrogen and oxygen atoms in total. The Labute approximate surface area is 91.0 Å². The monoisotopic (exact) mass is 215 g/mol. The maximum absolute atomic E-state index is 11.2. The summed E-state index contributed by atoms with van der Waals surface area (Å²) in [7, 11) is 1.58. The largest absolute Gasteiger partial charge is 0.359 e. The van der Waals surface area contributed by atoms with Crippen molar-refractivity contribution in [2.24, 2.45) is 0 Å². The van der Waals surface area contributed by atoms with Crippen molar-refractivity contribution in [2.45, 2.75) is 32.7 Å². The van der Waals surface area contributed by atoms with E-state index in [0.29, 0.717) is 25.6 Å². The van der Waals surface area contributed by atoms with Gasteiger partial charge in [0, 0.05) is 26.1 Å². The van der Waals surface area contributed by atoms with Crippen LogP contribution in [0.4, 0.5) is 0 Å². The van der Waals surface area contributed by atoms with Crippen molar-refractivity contribution in [3.8, 4) is 0 Å². The fraction of sp³-hybridized carbons (Fsp3) is 0.800. The number of nitrogens with one attached hydrogen (secondary N) is 3. The summed E-state index contributed by atoms with van der Waals surface area (Å²) >= 11 is 0. The van der Waals surface area contributed by atoms with E-state index < -0.39 is 0 Å². The van der Waals surface area contributed by atoms with Gasteiger partial charge in [-0.05, 0) is 13.3 Å². The molecular formula is C10H21N3O2. The highest BCUT2D eigenvalue weighted by Gasteiger charge is 2.04. The minimum atomic E-state index is -0.0702. The molecule has 1 unspecified atom stereocenters. The molecule has 0 saturated carbocycles. The SMILES string of the molecule is CCC(C)NCC(=O)NCCC(=O)NC. The lowest BCUT2D eigenvalue weighted by Crippen LogP contribution is -2.38. The number of amides is 2. The summed E-state index contributed by atoms with van der Waals surface area (Å²) in [4.78, 5) is 22.1. The van der Waals surface area contributed by atoms with Crippen LogP contribution >= 0.6 is 0 Å². The average Bonchev–Trinajstić information content (AvgIpc) is 2.25. The molecule has 15 heavy (non-hydrogen) atoms. The summed E-state index contributed by atoms with van der Waals surface area (Å²) < 4.78 is 0. The van der Waals surface area contributed by atoms with Crippen molar-refractivity contribution in [3.63, 3.8) is 0 Å². The summed E-state index contributed by atoms with van der Waals surface area (Å²) in [5.74, 6) is -0.135. The molecule has 0 saturated heterocycles. The summed E-state index contributed by atoms with van der Waals surface area (Å²) in [6.45, 7) is 4.78. The number of carbonyl (C=O) groups excluding carboxylic acids is 2. The number of hydrogen-bond acceptors (Lipinski definition) is 3. The van der Waals surface area contributed by atoms with E-state index in [-0.39, 0.29) is 11.8 Å². The van der Waals surface area contributed by atoms with Gasteiger partial charge in [-0.15, -0.1) is 0 Å². The van der Waals surface area contributed by atoms with Gasteiger partial charge >= 0.3 is 0 Å². The van der Waals surface area contributed by atoms with Crippen LogP contribution in [0.15, 0.2) is 0 Å². The van der Waals surface area contributed by atoms with Crippen LogP contribution in [0.5, 0.6) is 0 Å². The van der Waals surface area contributed by atoms with Gasteiger partial charge < -0.3 is 16.0 Å². The predicted molar refractivity (Wildman–Crippen MR) is 59.4 cm³/mol. The van der Waals surface area contributed by atoms with Crippen molar-refractivity contribution >= 4 is 11.8 Å². The summed E-state index contributed by atoms with van der Waals surface area (Å²) in [6.07, 6.45) is 1.32. The molecule has 0 radical (unpaired) electrons. The van der Waals surface area contributed by atoms with Gasteiger partial charge in [0.05, 0.1) is 6.54 Å². The van der Waals surface area contributed by atoms with E-state index in [1.165, 1.54) is 0 Å². The molecule has 0 heterocycles. The van der Waals surface area contributed by atoms with Gasteiger partial charge in [0.25, 0.3) is 0 Å². The standard InChI is InChI=1S/C10H21N3O2/c1-4-8(2)13-7-10(15)12-6-5-9(14)11-3/h8,13H,4-7H2,1-3H3,(H,11,14)(H,12,15). The van der Waals surface area contributed by atoms with Crippen molar-refractivity contribution in [2.75, 3.05) is 20.1 Å². The maximum Gasteiger partial charge on any atom is 0.233 e. The highest BCUT2D eigenvalue weighted by atomic mass is 16.2. The molecule has 0 aliphatic rings. The van der Waals surface area contributed by atoms with E-state index in [9.17, 15) is 9.59 Å². The van der Waals surface area contributed by atoms with Crippen LogP contribution in [-0.4, -0.2) is 38.0 Å². The third-order valence-electron chi connectivity index (χ3n) is 2.18. The van der Waals surface area contributed by atoms with Crippen LogP contribution in [0, 0.1) is 0 Å². The Morgan fingerprint density at radius 2 is 1.93 bits per heavy atom. The summed E-state index contributed by atoms with van der Waals surface area (Å²) in [5.41, 5.74) is 0. The minimum Gasteiger partial charge on any atom is -0.359 e. The van der Waals surface area contributed by atoms with Crippen LogP contribution in [-0.2, 0) is 9.59 Å². The molecule has 5 heteroatoms. The first-order valence-electron chi connectivity index (χ1n) is 5.30. The smallest absolute Gasteiger partial charge is 0.233 e. The Hall–Kier alpha value is -1.10. The van der Waals surface area contributed by atoms with E-state index in [1.807, 2.05) is 6.92 Å². The lowest BCUT2D eigenvalue weighted by molar-refractivity contribution is -0.121. The Balaban J connectivity index is 3.45. The fourth-order valence-electron chi connectivity index (χ4n) is 0.914. The van der Waals surface area contributed by atoms with E-state index >= 15 is 0 Å². The number of hydrogen-bond donors (Lipinski definition) is 3. The van der Waals surface area contributed by atoms with Crippen LogP contribution in [0.1, 0.15) is 26.7 Å². The fourth-order valence-corrected chi connectivity index (χ4v) is 0.914. The van der Waals surface area contributed by atoms with Crippen molar-refractivity contribution in [3.05, 3.63) is 0 Å². The molecule has 0 aliphatic heterocycles. The zero-order valence-corrected chi connectivity index (χ0v) is 9.72. The van der Waals surface area contributed by atoms with E-state index in [0.717, 1.165) is 6.42 Å². The molecule has 0 aromatic rings. The molecule has 0 spiro atoms. The quantitative estimate of drug-likeness (QED) is 0.542. The van der Waals surface area contributed by atoms with Gasteiger partial charge in [0.1, 0.15) is 0 Å². The summed E-state index contributed by atoms with van der Waals surface area (Å²) in [5, 5.41) is 8.23. The number of carbonyl (C=O) groups is 2. The van der Waals surface area contributed by atoms with Gasteiger partial charge in [-0.1, -0.05) is 6.92 Å². The first kappa shape index (κ1) is 13.9. The lowest BCUT2D eigenvalue weighted by atomic mass is 10.2. The molecule has 2 amide bonds. The lowest BCUT2D eigenvalue weighted by Gasteiger charge is -2.10. The third-order valence-corrected chi connectivity index (χ3v) is 2.18. The van der Waals surface area contributed by atoms with Crippen molar-refractivity contribution in [1.82, 2.24) is 16.0 Å². The molecule has 1 atom stereocenters. The van der Waals surface area contributed by atoms with Gasteiger partial charge in [-0.2, -0.15) is 0 Å². The molecule has 0 bridgehead atoms. The first-order valence-corrected chi connectivity index (χ1v) is 5.30. The molecule has 3 N–H and O–H groups in total. The molecule has 0 fully saturated rings. The molecule has 0 aliphatic carbocycles. The van der Waals surface area contributed by atoms with Crippen LogP contribution in [0.2, 0.25) is 0 Å². The normalized spacial score (nSPS) is 11.9. The second-order valence-corrected chi connectivity index (χ2v) is 3.46. The Bertz CT molecular complexity index is 207. The van der Waals surface area contributed by atoms with Gasteiger partial charge in [-0.25, -0.2) is 0 Å². The highest BCUT2D eigenvalue weighted by molar-refractivity contribution is 5.79. The van der Waals surface area contributed by atoms with E-state index in [4.69, 9.17) is 0 Å². The van der Waals surface area contributed by atoms with Crippen LogP contribution < -0.4 is 16.0 Å². The molecule has 0 aromatic heterocycles. The molecule has 88 valence electrons. The summed E-state index contributed by atoms with van der Waals surface area (Å²) in [6, 6.07) is 0.342. The average molecular weight is 215 g/mol. The van der Waals surface area contributed by atoms with E-state index in [1.54, 1.807) is 7.05 Å². The van der Waals surface area contributed by atoms with Crippen LogP contribution in [0.25, 0.3) is 0 Å². The van der Waals surface area contributed by atoms with Crippen molar-refractivity contribution in [1.29, 1.82) is 0 Å². The molecule has 0 rings (SSSR count). The molecule has 0 aromatic carbocycles. The zero-order valence-electron chi connectivity index (χ0n) is 9.72. The van der Waals surface area contributed by atoms with Crippen LogP contribution in [0.3, 0.4) is 0 Å². The zero-order chi connectivity index (χ0) is 11.7. The molecular weight excluding hydrogens is 194 g/mol. The Kier molecular flexibility index (Phi) is 7.62. The Morgan fingerprint density at radius 1 is 1.27 bits per heavy atom. The van der Waals surface area contributed by atoms with Gasteiger partial charge in [0.2, 0.25) is 11.8 Å². The van der Waals surface area contributed by atoms with Gasteiger partial charge in [0.15, 0.2) is 0 Å². The van der Waals surface area contributed by atoms with Crippen molar-refractivity contribution < 1.29 is 9.59 Å². The van der Waals surface area contributed by atoms with Gasteiger partial charge in [-0.3, -0.25) is 9.59 Å². The Morgan fingerprint density at radius 3 is 2.47 bits per heavy atom. The first-order chi connectivity index (χ1) is 7.10.